The molecule has 3 fully saturated rings. The van der Waals surface area contributed by atoms with Crippen molar-refractivity contribution < 1.29 is 41.8 Å². The molecular formula is C52H104INO9Si4. The number of aliphatic hydroxyl groups is 1. The highest BCUT2D eigenvalue weighted by Gasteiger charge is 2.53. The predicted molar refractivity (Wildman–Crippen MR) is 299 cm³/mol. The first kappa shape index (κ1) is 61.7. The molecule has 0 saturated carbocycles. The van der Waals surface area contributed by atoms with Crippen molar-refractivity contribution in [1.29, 1.82) is 0 Å². The molecule has 0 aromatic rings. The lowest BCUT2D eigenvalue weighted by Crippen LogP contribution is -2.57. The molecule has 2 N–H and O–H groups in total. The van der Waals surface area contributed by atoms with Crippen molar-refractivity contribution in [2.75, 3.05) is 30.8 Å². The van der Waals surface area contributed by atoms with Gasteiger partial charge in [-0.15, -0.1) is 0 Å². The maximum atomic E-state index is 9.96. The van der Waals surface area contributed by atoms with Crippen molar-refractivity contribution in [3.63, 3.8) is 0 Å². The second-order valence-corrected chi connectivity index (χ2v) is 45.0. The van der Waals surface area contributed by atoms with Gasteiger partial charge >= 0.3 is 0 Å². The lowest BCUT2D eigenvalue weighted by atomic mass is 9.86. The van der Waals surface area contributed by atoms with Crippen LogP contribution in [0, 0.1) is 5.92 Å². The molecule has 10 nitrogen and oxygen atoms in total. The Morgan fingerprint density at radius 1 is 0.776 bits per heavy atom. The number of alkyl halides is 1. The quantitative estimate of drug-likeness (QED) is 0.0272. The number of fused-ring (bicyclic) bond motifs is 1. The Kier molecular flexibility index (Phi) is 23.5. The number of rotatable bonds is 27. The van der Waals surface area contributed by atoms with E-state index in [0.29, 0.717) is 13.2 Å². The minimum absolute atomic E-state index is 0.0145. The third-order valence-electron chi connectivity index (χ3n) is 17.2. The minimum Gasteiger partial charge on any atom is -0.513 e. The largest absolute Gasteiger partial charge is 0.513 e. The molecular weight excluding hydrogens is 1020 g/mol. The van der Waals surface area contributed by atoms with Gasteiger partial charge in [0.15, 0.2) is 33.3 Å². The van der Waals surface area contributed by atoms with Gasteiger partial charge in [0.05, 0.1) is 61.7 Å². The summed E-state index contributed by atoms with van der Waals surface area (Å²) >= 11 is 2.47. The molecule has 394 valence electrons. The Labute approximate surface area is 429 Å². The number of hydrogen-bond acceptors (Lipinski definition) is 10. The maximum absolute atomic E-state index is 9.96. The van der Waals surface area contributed by atoms with Crippen LogP contribution in [-0.2, 0) is 36.7 Å². The molecule has 67 heavy (non-hydrogen) atoms. The van der Waals surface area contributed by atoms with E-state index in [0.717, 1.165) is 87.1 Å². The Hall–Kier alpha value is 0.358. The Morgan fingerprint density at radius 2 is 1.36 bits per heavy atom. The molecule has 0 radical (unpaired) electrons. The van der Waals surface area contributed by atoms with E-state index in [1.165, 1.54) is 0 Å². The monoisotopic (exact) mass is 1130 g/mol. The molecule has 0 aromatic carbocycles. The van der Waals surface area contributed by atoms with Crippen LogP contribution < -0.4 is 5.32 Å². The summed E-state index contributed by atoms with van der Waals surface area (Å²) in [7, 11) is -8.27. The highest BCUT2D eigenvalue weighted by molar-refractivity contribution is 14.1. The van der Waals surface area contributed by atoms with Gasteiger partial charge in [0.25, 0.3) is 0 Å². The van der Waals surface area contributed by atoms with Crippen molar-refractivity contribution in [2.45, 2.75) is 268 Å². The molecule has 0 spiro atoms. The van der Waals surface area contributed by atoms with Crippen molar-refractivity contribution in [3.05, 3.63) is 24.6 Å². The van der Waals surface area contributed by atoms with E-state index in [4.69, 9.17) is 36.7 Å². The lowest BCUT2D eigenvalue weighted by Gasteiger charge is -2.47. The zero-order chi connectivity index (χ0) is 50.9. The molecule has 3 saturated heterocycles. The summed E-state index contributed by atoms with van der Waals surface area (Å²) in [5.41, 5.74) is -0.271. The molecule has 0 aromatic heterocycles. The zero-order valence-corrected chi connectivity index (χ0v) is 52.6. The standard InChI is InChI=1S/C52H104INO9Si4/c1-21-67(22-2,23-3)57-33-30-41-24-26-45(48(60-41)46(63-66(19,20)51(12,13)14)37-58-64(15,16)49(6,7)8)56-36-44(62-65(17,18)50(9,10)11)29-32-54-31-28-43-35-52(38-53)47(59-43)27-25-42(61-52)34-39(4)40(5)55/h29,32,39,41-48,54-55H,5,21-28,30-31,33-38H2,1-4,6-20H3/b32-29+/t39-,41?,42?,43+,44+,45+,46-,47+,48+,52?/m1/s1. The van der Waals surface area contributed by atoms with Gasteiger partial charge in [-0.1, -0.05) is 119 Å². The van der Waals surface area contributed by atoms with E-state index in [1.54, 1.807) is 0 Å². The van der Waals surface area contributed by atoms with E-state index in [-0.39, 0.29) is 81.2 Å². The summed E-state index contributed by atoms with van der Waals surface area (Å²) in [6.07, 6.45) is 10.8. The van der Waals surface area contributed by atoms with Crippen LogP contribution in [0.1, 0.15) is 141 Å². The van der Waals surface area contributed by atoms with E-state index >= 15 is 0 Å². The second-order valence-electron chi connectivity index (χ2n) is 25.2. The van der Waals surface area contributed by atoms with E-state index < -0.39 is 33.3 Å². The van der Waals surface area contributed by atoms with Crippen LogP contribution in [0.25, 0.3) is 0 Å². The van der Waals surface area contributed by atoms with Gasteiger partial charge in [0, 0.05) is 29.9 Å². The third kappa shape index (κ3) is 17.5. The smallest absolute Gasteiger partial charge is 0.193 e. The zero-order valence-electron chi connectivity index (χ0n) is 46.5. The Bertz CT molecular complexity index is 1520. The highest BCUT2D eigenvalue weighted by atomic mass is 127. The van der Waals surface area contributed by atoms with Crippen molar-refractivity contribution in [3.8, 4) is 0 Å². The van der Waals surface area contributed by atoms with Gasteiger partial charge in [-0.25, -0.2) is 0 Å². The Morgan fingerprint density at radius 3 is 1.91 bits per heavy atom. The van der Waals surface area contributed by atoms with Crippen LogP contribution >= 0.6 is 22.6 Å². The fourth-order valence-corrected chi connectivity index (χ4v) is 16.1. The van der Waals surface area contributed by atoms with Gasteiger partial charge in [-0.3, -0.25) is 0 Å². The summed E-state index contributed by atoms with van der Waals surface area (Å²) in [5, 5.41) is 13.7. The number of hydrogen-bond donors (Lipinski definition) is 2. The first-order valence-electron chi connectivity index (χ1n) is 26.4. The molecule has 3 rings (SSSR count). The second kappa shape index (κ2) is 25.5. The topological polar surface area (TPSA) is 106 Å². The molecule has 0 amide bonds. The van der Waals surface area contributed by atoms with Gasteiger partial charge in [-0.2, -0.15) is 0 Å². The SMILES string of the molecule is C=C(O)[C@H](C)CC1CC[C@@H]2O[C@@H](CCN/C=C/[C@@H](CO[C@H]3CCC(CCO[Si](CC)(CC)CC)O[C@@H]3[C@@H](CO[Si](C)(C)C(C)(C)C)O[Si](C)(C)C(C)(C)C)O[Si](C)(C)C(C)(C)C)CC2(CI)O1. The molecule has 3 aliphatic heterocycles. The number of ether oxygens (including phenoxy) is 4. The van der Waals surface area contributed by atoms with Crippen LogP contribution in [0.3, 0.4) is 0 Å². The third-order valence-corrected chi connectivity index (χ3v) is 36.6. The van der Waals surface area contributed by atoms with E-state index in [9.17, 15) is 5.11 Å². The average Bonchev–Trinajstić information content (AvgIpc) is 3.60. The van der Waals surface area contributed by atoms with Gasteiger partial charge in [0.2, 0.25) is 0 Å². The molecule has 3 aliphatic rings. The summed E-state index contributed by atoms with van der Waals surface area (Å²) in [5.74, 6) is 0.261. The number of allylic oxidation sites excluding steroid dienone is 1. The van der Waals surface area contributed by atoms with Crippen molar-refractivity contribution >= 4 is 55.9 Å². The molecule has 15 heteroatoms. The maximum Gasteiger partial charge on any atom is 0.193 e. The Balaban J connectivity index is 1.84. The van der Waals surface area contributed by atoms with Gasteiger partial charge in [-0.05, 0) is 130 Å². The highest BCUT2D eigenvalue weighted by Crippen LogP contribution is 2.46. The summed E-state index contributed by atoms with van der Waals surface area (Å²) < 4.78 is 57.1. The molecule has 10 atom stereocenters. The van der Waals surface area contributed by atoms with Crippen LogP contribution in [0.5, 0.6) is 0 Å². The lowest BCUT2D eigenvalue weighted by molar-refractivity contribution is -0.184. The first-order valence-corrected chi connectivity index (χ1v) is 39.2. The molecule has 3 unspecified atom stereocenters. The van der Waals surface area contributed by atoms with Gasteiger partial charge in [0.1, 0.15) is 11.7 Å². The molecule has 3 heterocycles. The normalized spacial score (nSPS) is 27.5. The van der Waals surface area contributed by atoms with Crippen LogP contribution in [0.4, 0.5) is 0 Å². The average molecular weight is 1130 g/mol. The summed E-state index contributed by atoms with van der Waals surface area (Å²) in [6.45, 7) is 49.8. The summed E-state index contributed by atoms with van der Waals surface area (Å²) in [4.78, 5) is 0. The van der Waals surface area contributed by atoms with Crippen molar-refractivity contribution in [2.24, 2.45) is 5.92 Å². The van der Waals surface area contributed by atoms with Crippen LogP contribution in [0.2, 0.25) is 72.5 Å². The van der Waals surface area contributed by atoms with E-state index in [2.05, 4.69) is 169 Å². The molecule has 0 bridgehead atoms. The number of halogens is 1. The predicted octanol–water partition coefficient (Wildman–Crippen LogP) is 14.2. The first-order chi connectivity index (χ1) is 30.8. The fourth-order valence-electron chi connectivity index (χ4n) is 8.88. The van der Waals surface area contributed by atoms with Crippen molar-refractivity contribution in [1.82, 2.24) is 5.32 Å². The number of nitrogens with one attached hydrogen (secondary N) is 1. The number of aliphatic hydroxyl groups excluding tert-OH is 1. The molecule has 0 aliphatic carbocycles. The summed E-state index contributed by atoms with van der Waals surface area (Å²) in [6, 6.07) is 3.44. The van der Waals surface area contributed by atoms with E-state index in [1.807, 2.05) is 6.92 Å². The fraction of sp³-hybridized carbons (Fsp3) is 0.923. The van der Waals surface area contributed by atoms with Crippen LogP contribution in [-0.4, -0.2) is 124 Å². The van der Waals surface area contributed by atoms with Gasteiger partial charge < -0.3 is 47.1 Å². The van der Waals surface area contributed by atoms with Crippen LogP contribution in [0.15, 0.2) is 24.6 Å². The minimum atomic E-state index is -2.26.